The van der Waals surface area contributed by atoms with Gasteiger partial charge in [-0.3, -0.25) is 20.2 Å². The van der Waals surface area contributed by atoms with Gasteiger partial charge in [0.1, 0.15) is 23.8 Å². The number of aromatic nitrogens is 2. The Hall–Kier alpha value is -3.46. The lowest BCUT2D eigenvalue weighted by atomic mass is 10.2. The number of nitro groups is 2. The topological polar surface area (TPSA) is 115 Å². The summed E-state index contributed by atoms with van der Waals surface area (Å²) in [5.41, 5.74) is 0.251. The molecule has 25 heavy (non-hydrogen) atoms. The quantitative estimate of drug-likeness (QED) is 0.373. The molecule has 0 aliphatic heterocycles. The minimum Gasteiger partial charge on any atom is -1.00 e. The van der Waals surface area contributed by atoms with E-state index < -0.39 is 9.85 Å². The lowest BCUT2D eigenvalue weighted by molar-refractivity contribution is -0.600. The first-order valence-electron chi connectivity index (χ1n) is 6.77. The Morgan fingerprint density at radius 3 is 2.28 bits per heavy atom. The van der Waals surface area contributed by atoms with Crippen LogP contribution in [0.3, 0.4) is 0 Å². The number of imidazole rings is 1. The number of phenolic OH excluding ortho intramolecular Hbond substituents is 1. The van der Waals surface area contributed by atoms with E-state index in [1.54, 1.807) is 35.4 Å². The first kappa shape index (κ1) is 17.9. The lowest BCUT2D eigenvalue weighted by Crippen LogP contribution is -3.00. The summed E-state index contributed by atoms with van der Waals surface area (Å²) in [6.45, 7) is 0. The summed E-state index contributed by atoms with van der Waals surface area (Å²) < 4.78 is 3.19. The van der Waals surface area contributed by atoms with Gasteiger partial charge in [0, 0.05) is 6.07 Å². The highest BCUT2D eigenvalue weighted by molar-refractivity contribution is 5.53. The molecule has 0 saturated heterocycles. The molecule has 0 saturated carbocycles. The summed E-state index contributed by atoms with van der Waals surface area (Å²) in [6, 6.07) is 9.89. The molecule has 2 aromatic carbocycles. The zero-order valence-corrected chi connectivity index (χ0v) is 13.3. The van der Waals surface area contributed by atoms with Crippen molar-refractivity contribution in [2.75, 3.05) is 0 Å². The van der Waals surface area contributed by atoms with Crippen LogP contribution < -0.4 is 17.0 Å². The van der Waals surface area contributed by atoms with Crippen molar-refractivity contribution >= 4 is 11.4 Å². The highest BCUT2D eigenvalue weighted by Gasteiger charge is 2.24. The van der Waals surface area contributed by atoms with Crippen molar-refractivity contribution in [2.45, 2.75) is 0 Å². The summed E-state index contributed by atoms with van der Waals surface area (Å²) in [7, 11) is 0. The Morgan fingerprint density at radius 1 is 1.00 bits per heavy atom. The summed E-state index contributed by atoms with van der Waals surface area (Å²) in [6.07, 6.45) is 4.87. The highest BCUT2D eigenvalue weighted by Crippen LogP contribution is 2.24. The van der Waals surface area contributed by atoms with E-state index in [1.807, 2.05) is 0 Å². The minimum absolute atomic E-state index is 0. The van der Waals surface area contributed by atoms with Gasteiger partial charge in [0.05, 0.1) is 15.9 Å². The lowest BCUT2D eigenvalue weighted by Gasteiger charge is -1.99. The molecule has 9 nitrogen and oxygen atoms in total. The van der Waals surface area contributed by atoms with Gasteiger partial charge in [-0.15, -0.1) is 0 Å². The van der Waals surface area contributed by atoms with Crippen LogP contribution in [0.25, 0.3) is 11.4 Å². The molecule has 0 amide bonds. The minimum atomic E-state index is -0.678. The zero-order chi connectivity index (χ0) is 17.3. The number of hydrogen-bond donors (Lipinski definition) is 1. The van der Waals surface area contributed by atoms with Gasteiger partial charge in [0.2, 0.25) is 5.69 Å². The van der Waals surface area contributed by atoms with Gasteiger partial charge in [-0.05, 0) is 30.3 Å². The van der Waals surface area contributed by atoms with Crippen LogP contribution >= 0.6 is 0 Å². The van der Waals surface area contributed by atoms with Crippen LogP contribution in [0.1, 0.15) is 0 Å². The molecule has 0 fully saturated rings. The second-order valence-electron chi connectivity index (χ2n) is 4.93. The van der Waals surface area contributed by atoms with Crippen molar-refractivity contribution in [2.24, 2.45) is 0 Å². The Balaban J connectivity index is 0.00000225. The van der Waals surface area contributed by atoms with Crippen molar-refractivity contribution < 1.29 is 31.9 Å². The maximum absolute atomic E-state index is 11.2. The molecular weight excluding hydrogens is 352 g/mol. The van der Waals surface area contributed by atoms with Gasteiger partial charge in [0.15, 0.2) is 0 Å². The molecule has 0 atom stereocenters. The van der Waals surface area contributed by atoms with E-state index in [9.17, 15) is 25.3 Å². The van der Waals surface area contributed by atoms with Crippen LogP contribution in [-0.4, -0.2) is 19.5 Å². The number of rotatable bonds is 4. The van der Waals surface area contributed by atoms with Gasteiger partial charge < -0.3 is 17.5 Å². The number of benzene rings is 2. The molecule has 0 unspecified atom stereocenters. The Kier molecular flexibility index (Phi) is 4.99. The van der Waals surface area contributed by atoms with Crippen LogP contribution in [0.5, 0.6) is 5.75 Å². The second-order valence-corrected chi connectivity index (χ2v) is 4.93. The number of nitro benzene ring substituents is 2. The molecule has 1 heterocycles. The third-order valence-corrected chi connectivity index (χ3v) is 3.43. The van der Waals surface area contributed by atoms with Crippen LogP contribution in [0.4, 0.5) is 11.4 Å². The van der Waals surface area contributed by atoms with Crippen molar-refractivity contribution in [1.82, 2.24) is 4.57 Å². The first-order valence-corrected chi connectivity index (χ1v) is 6.77. The Morgan fingerprint density at radius 2 is 1.68 bits per heavy atom. The Labute approximate surface area is 147 Å². The van der Waals surface area contributed by atoms with Gasteiger partial charge >= 0.3 is 5.69 Å². The zero-order valence-electron chi connectivity index (χ0n) is 12.5. The number of phenols is 1. The van der Waals surface area contributed by atoms with E-state index in [4.69, 9.17) is 0 Å². The molecule has 128 valence electrons. The largest absolute Gasteiger partial charge is 1.00 e. The third kappa shape index (κ3) is 3.56. The van der Waals surface area contributed by atoms with E-state index >= 15 is 0 Å². The molecule has 0 bridgehead atoms. The number of aromatic hydroxyl groups is 1. The van der Waals surface area contributed by atoms with Gasteiger partial charge in [-0.1, -0.05) is 0 Å². The number of halogens is 1. The van der Waals surface area contributed by atoms with E-state index in [0.29, 0.717) is 0 Å². The van der Waals surface area contributed by atoms with Gasteiger partial charge in [-0.2, -0.15) is 4.57 Å². The molecule has 0 aliphatic rings. The molecular formula is C15H11ClN4O5. The predicted molar refractivity (Wildman–Crippen MR) is 82.3 cm³/mol. The molecule has 10 heteroatoms. The molecule has 1 aromatic heterocycles. The van der Waals surface area contributed by atoms with E-state index in [2.05, 4.69) is 0 Å². The second kappa shape index (κ2) is 6.97. The van der Waals surface area contributed by atoms with Crippen LogP contribution in [0.15, 0.2) is 61.2 Å². The molecule has 3 aromatic rings. The standard InChI is InChI=1S/C15H10N4O5.ClH/c20-13-4-1-11(2-5-13)16-7-8-17(10-16)14-6-3-12(18(21)22)9-15(14)19(23)24;/h1-10H;1H. The normalized spacial score (nSPS) is 10.1. The summed E-state index contributed by atoms with van der Waals surface area (Å²) in [4.78, 5) is 20.7. The van der Waals surface area contributed by atoms with Crippen molar-refractivity contribution in [3.8, 4) is 17.1 Å². The summed E-state index contributed by atoms with van der Waals surface area (Å²) >= 11 is 0. The smallest absolute Gasteiger partial charge is 0.322 e. The molecule has 0 radical (unpaired) electrons. The predicted octanol–water partition coefficient (Wildman–Crippen LogP) is -0.720. The molecule has 1 N–H and O–H groups in total. The fraction of sp³-hybridized carbons (Fsp3) is 0. The average Bonchev–Trinajstić information content (AvgIpc) is 3.04. The van der Waals surface area contributed by atoms with Crippen molar-refractivity contribution in [3.05, 3.63) is 81.4 Å². The van der Waals surface area contributed by atoms with Gasteiger partial charge in [0.25, 0.3) is 12.0 Å². The van der Waals surface area contributed by atoms with E-state index in [0.717, 1.165) is 11.8 Å². The maximum atomic E-state index is 11.2. The summed E-state index contributed by atoms with van der Waals surface area (Å²) in [5.74, 6) is 0.129. The number of hydrogen-bond acceptors (Lipinski definition) is 5. The summed E-state index contributed by atoms with van der Waals surface area (Å²) in [5, 5.41) is 31.3. The molecule has 3 rings (SSSR count). The Bertz CT molecular complexity index is 939. The fourth-order valence-electron chi connectivity index (χ4n) is 2.26. The maximum Gasteiger partial charge on any atom is 0.322 e. The van der Waals surface area contributed by atoms with E-state index in [-0.39, 0.29) is 35.2 Å². The van der Waals surface area contributed by atoms with Crippen molar-refractivity contribution in [1.29, 1.82) is 0 Å². The monoisotopic (exact) mass is 362 g/mol. The van der Waals surface area contributed by atoms with E-state index in [1.165, 1.54) is 28.8 Å². The number of nitrogens with zero attached hydrogens (tertiary/aromatic N) is 4. The van der Waals surface area contributed by atoms with Gasteiger partial charge in [-0.25, -0.2) is 4.57 Å². The fourth-order valence-corrected chi connectivity index (χ4v) is 2.26. The average molecular weight is 363 g/mol. The number of non-ortho nitro benzene ring substituents is 1. The highest BCUT2D eigenvalue weighted by atomic mass is 35.5. The SMILES string of the molecule is O=[N+]([O-])c1ccc(-[n+]2ccn(-c3ccc(O)cc3)c2)c([N+](=O)[O-])c1.[Cl-]. The van der Waals surface area contributed by atoms with Crippen molar-refractivity contribution in [3.63, 3.8) is 0 Å². The molecule has 0 spiro atoms. The van der Waals surface area contributed by atoms with Crippen LogP contribution in [-0.2, 0) is 0 Å². The first-order chi connectivity index (χ1) is 11.5. The van der Waals surface area contributed by atoms with Crippen LogP contribution in [0, 0.1) is 20.2 Å². The van der Waals surface area contributed by atoms with Crippen LogP contribution in [0.2, 0.25) is 0 Å². The molecule has 0 aliphatic carbocycles. The third-order valence-electron chi connectivity index (χ3n) is 3.43.